The largest absolute Gasteiger partial charge is 0.353 e. The fraction of sp³-hybridized carbons (Fsp3) is 0.650. The van der Waals surface area contributed by atoms with Crippen LogP contribution in [-0.4, -0.2) is 91.0 Å². The molecule has 0 aliphatic carbocycles. The first-order chi connectivity index (χ1) is 13.6. The number of carbonyl (C=O) groups is 2. The molecule has 152 valence electrons. The Kier molecular flexibility index (Phi) is 5.77. The third-order valence-corrected chi connectivity index (χ3v) is 6.38. The maximum absolute atomic E-state index is 12.7. The standard InChI is InChI=1S/C20H30N6O2/c1-24-15(14-23-20(28)19-16(24)7-9-22-19)5-6-18(27)26-12-10-25(11-13-26)17-4-2-3-8-21-17/h2-4,8,15-16,19,22H,5-7,9-14H2,1H3,(H,23,28). The summed E-state index contributed by atoms with van der Waals surface area (Å²) in [4.78, 5) is 35.9. The van der Waals surface area contributed by atoms with Gasteiger partial charge in [-0.3, -0.25) is 14.5 Å². The molecule has 1 aromatic rings. The van der Waals surface area contributed by atoms with Crippen LogP contribution in [0.3, 0.4) is 0 Å². The van der Waals surface area contributed by atoms with Crippen molar-refractivity contribution in [3.63, 3.8) is 0 Å². The van der Waals surface area contributed by atoms with Crippen LogP contribution >= 0.6 is 0 Å². The fourth-order valence-corrected chi connectivity index (χ4v) is 4.62. The Bertz CT molecular complexity index is 691. The first-order valence-electron chi connectivity index (χ1n) is 10.3. The summed E-state index contributed by atoms with van der Waals surface area (Å²) in [6, 6.07) is 6.23. The lowest BCUT2D eigenvalue weighted by Crippen LogP contribution is -2.50. The minimum absolute atomic E-state index is 0.0915. The van der Waals surface area contributed by atoms with Crippen LogP contribution in [0.4, 0.5) is 5.82 Å². The SMILES string of the molecule is CN1C(CCC(=O)N2CCN(c3ccccn3)CC2)CNC(=O)C2NCCC21. The van der Waals surface area contributed by atoms with E-state index in [1.165, 1.54) is 0 Å². The van der Waals surface area contributed by atoms with Gasteiger partial charge < -0.3 is 20.4 Å². The highest BCUT2D eigenvalue weighted by molar-refractivity contribution is 5.83. The molecular formula is C20H30N6O2. The minimum Gasteiger partial charge on any atom is -0.353 e. The Balaban J connectivity index is 1.27. The lowest BCUT2D eigenvalue weighted by Gasteiger charge is -2.36. The Morgan fingerprint density at radius 3 is 2.82 bits per heavy atom. The summed E-state index contributed by atoms with van der Waals surface area (Å²) in [6.45, 7) is 4.60. The predicted molar refractivity (Wildman–Crippen MR) is 107 cm³/mol. The van der Waals surface area contributed by atoms with E-state index in [4.69, 9.17) is 0 Å². The van der Waals surface area contributed by atoms with Crippen LogP contribution in [-0.2, 0) is 9.59 Å². The van der Waals surface area contributed by atoms with Crippen molar-refractivity contribution >= 4 is 17.6 Å². The van der Waals surface area contributed by atoms with Crippen molar-refractivity contribution in [3.05, 3.63) is 24.4 Å². The van der Waals surface area contributed by atoms with Gasteiger partial charge in [-0.05, 0) is 38.6 Å². The van der Waals surface area contributed by atoms with Crippen molar-refractivity contribution in [3.8, 4) is 0 Å². The summed E-state index contributed by atoms with van der Waals surface area (Å²) in [5, 5.41) is 6.34. The number of hydrogen-bond donors (Lipinski definition) is 2. The first-order valence-corrected chi connectivity index (χ1v) is 10.3. The van der Waals surface area contributed by atoms with E-state index in [-0.39, 0.29) is 29.9 Å². The number of likely N-dealkylation sites (N-methyl/N-ethyl adjacent to an activating group) is 1. The number of piperazine rings is 1. The first kappa shape index (κ1) is 19.1. The van der Waals surface area contributed by atoms with Crippen molar-refractivity contribution in [1.29, 1.82) is 0 Å². The van der Waals surface area contributed by atoms with Crippen LogP contribution in [0.25, 0.3) is 0 Å². The van der Waals surface area contributed by atoms with E-state index in [2.05, 4.69) is 32.5 Å². The fourth-order valence-electron chi connectivity index (χ4n) is 4.62. The summed E-state index contributed by atoms with van der Waals surface area (Å²) in [5.74, 6) is 1.28. The quantitative estimate of drug-likeness (QED) is 0.738. The van der Waals surface area contributed by atoms with Crippen molar-refractivity contribution in [1.82, 2.24) is 25.4 Å². The van der Waals surface area contributed by atoms with Gasteiger partial charge in [0, 0.05) is 57.4 Å². The Labute approximate surface area is 166 Å². The molecule has 3 saturated heterocycles. The van der Waals surface area contributed by atoms with Crippen LogP contribution in [0, 0.1) is 0 Å². The molecule has 0 aromatic carbocycles. The molecule has 1 aromatic heterocycles. The van der Waals surface area contributed by atoms with Crippen molar-refractivity contribution in [2.24, 2.45) is 0 Å². The molecule has 2 amide bonds. The molecule has 8 heteroatoms. The summed E-state index contributed by atoms with van der Waals surface area (Å²) < 4.78 is 0. The van der Waals surface area contributed by atoms with Crippen molar-refractivity contribution < 1.29 is 9.59 Å². The highest BCUT2D eigenvalue weighted by Crippen LogP contribution is 2.21. The summed E-state index contributed by atoms with van der Waals surface area (Å²) in [5.41, 5.74) is 0. The number of rotatable bonds is 4. The van der Waals surface area contributed by atoms with E-state index < -0.39 is 0 Å². The monoisotopic (exact) mass is 386 g/mol. The number of amides is 2. The highest BCUT2D eigenvalue weighted by Gasteiger charge is 2.40. The number of carbonyl (C=O) groups excluding carboxylic acids is 2. The molecule has 4 heterocycles. The van der Waals surface area contributed by atoms with Gasteiger partial charge in [-0.2, -0.15) is 0 Å². The van der Waals surface area contributed by atoms with E-state index in [0.717, 1.165) is 51.4 Å². The number of pyridine rings is 1. The Hall–Kier alpha value is -2.19. The topological polar surface area (TPSA) is 80.8 Å². The molecule has 3 unspecified atom stereocenters. The number of aromatic nitrogens is 1. The van der Waals surface area contributed by atoms with Gasteiger partial charge in [0.1, 0.15) is 11.9 Å². The zero-order valence-corrected chi connectivity index (χ0v) is 16.5. The highest BCUT2D eigenvalue weighted by atomic mass is 16.2. The molecule has 8 nitrogen and oxygen atoms in total. The van der Waals surface area contributed by atoms with Crippen LogP contribution in [0.5, 0.6) is 0 Å². The van der Waals surface area contributed by atoms with Gasteiger partial charge in [-0.1, -0.05) is 6.07 Å². The third kappa shape index (κ3) is 3.98. The molecular weight excluding hydrogens is 356 g/mol. The molecule has 0 saturated carbocycles. The summed E-state index contributed by atoms with van der Waals surface area (Å²) >= 11 is 0. The van der Waals surface area contributed by atoms with E-state index in [1.807, 2.05) is 23.1 Å². The molecule has 2 N–H and O–H groups in total. The second-order valence-corrected chi connectivity index (χ2v) is 7.95. The molecule has 28 heavy (non-hydrogen) atoms. The second-order valence-electron chi connectivity index (χ2n) is 7.95. The van der Waals surface area contributed by atoms with Gasteiger partial charge in [-0.15, -0.1) is 0 Å². The molecule has 0 spiro atoms. The summed E-state index contributed by atoms with van der Waals surface area (Å²) in [6.07, 6.45) is 4.09. The van der Waals surface area contributed by atoms with Gasteiger partial charge in [0.15, 0.2) is 0 Å². The van der Waals surface area contributed by atoms with E-state index in [1.54, 1.807) is 6.20 Å². The lowest BCUT2D eigenvalue weighted by atomic mass is 10.0. The average molecular weight is 387 g/mol. The maximum Gasteiger partial charge on any atom is 0.238 e. The predicted octanol–water partition coefficient (Wildman–Crippen LogP) is -0.329. The number of anilines is 1. The lowest BCUT2D eigenvalue weighted by molar-refractivity contribution is -0.131. The maximum atomic E-state index is 12.7. The van der Waals surface area contributed by atoms with Crippen LogP contribution in [0.1, 0.15) is 19.3 Å². The normalized spacial score (nSPS) is 28.6. The van der Waals surface area contributed by atoms with Gasteiger partial charge in [0.05, 0.1) is 0 Å². The average Bonchev–Trinajstić information content (AvgIpc) is 3.20. The smallest absolute Gasteiger partial charge is 0.238 e. The van der Waals surface area contributed by atoms with Crippen molar-refractivity contribution in [2.75, 3.05) is 51.2 Å². The second kappa shape index (κ2) is 8.45. The number of fused-ring (bicyclic) bond motifs is 1. The van der Waals surface area contributed by atoms with Crippen molar-refractivity contribution in [2.45, 2.75) is 37.4 Å². The number of hydrogen-bond acceptors (Lipinski definition) is 6. The van der Waals surface area contributed by atoms with Gasteiger partial charge in [0.25, 0.3) is 0 Å². The Morgan fingerprint density at radius 1 is 1.25 bits per heavy atom. The zero-order chi connectivity index (χ0) is 19.5. The van der Waals surface area contributed by atoms with Gasteiger partial charge in [-0.25, -0.2) is 4.98 Å². The number of nitrogens with zero attached hydrogens (tertiary/aromatic N) is 4. The van der Waals surface area contributed by atoms with Crippen LogP contribution in [0.15, 0.2) is 24.4 Å². The van der Waals surface area contributed by atoms with Gasteiger partial charge >= 0.3 is 0 Å². The van der Waals surface area contributed by atoms with Crippen LogP contribution < -0.4 is 15.5 Å². The van der Waals surface area contributed by atoms with E-state index in [9.17, 15) is 9.59 Å². The van der Waals surface area contributed by atoms with E-state index >= 15 is 0 Å². The molecule has 3 atom stereocenters. The summed E-state index contributed by atoms with van der Waals surface area (Å²) in [7, 11) is 2.09. The third-order valence-electron chi connectivity index (χ3n) is 6.38. The minimum atomic E-state index is -0.120. The van der Waals surface area contributed by atoms with Crippen LogP contribution in [0.2, 0.25) is 0 Å². The Morgan fingerprint density at radius 2 is 2.07 bits per heavy atom. The molecule has 3 aliphatic heterocycles. The zero-order valence-electron chi connectivity index (χ0n) is 16.5. The molecule has 4 rings (SSSR count). The number of nitrogens with one attached hydrogen (secondary N) is 2. The molecule has 3 aliphatic rings. The molecule has 3 fully saturated rings. The molecule has 0 bridgehead atoms. The van der Waals surface area contributed by atoms with E-state index in [0.29, 0.717) is 13.0 Å². The van der Waals surface area contributed by atoms with Gasteiger partial charge in [0.2, 0.25) is 11.8 Å². The molecule has 0 radical (unpaired) electrons.